The Hall–Kier alpha value is -3.33. The minimum absolute atomic E-state index is 0.0215. The molecule has 1 heterocycles. The lowest BCUT2D eigenvalue weighted by molar-refractivity contribution is 0.104. The number of ketones is 1. The number of aromatic nitrogens is 1. The molecule has 26 heavy (non-hydrogen) atoms. The summed E-state index contributed by atoms with van der Waals surface area (Å²) in [6.07, 6.45) is 0. The molecule has 0 saturated carbocycles. The van der Waals surface area contributed by atoms with Crippen molar-refractivity contribution in [3.63, 3.8) is 0 Å². The number of hydrogen-bond acceptors (Lipinski definition) is 2. The van der Waals surface area contributed by atoms with Crippen molar-refractivity contribution in [2.24, 2.45) is 0 Å². The highest BCUT2D eigenvalue weighted by Gasteiger charge is 2.21. The number of carbonyl (C=O) groups is 1. The van der Waals surface area contributed by atoms with Gasteiger partial charge in [-0.2, -0.15) is 0 Å². The SMILES string of the molecule is COc1ccc(-c2[nH]c3ccc(C)cc3c2C(=O)c2ccccc2)cc1. The molecule has 4 aromatic rings. The summed E-state index contributed by atoms with van der Waals surface area (Å²) in [4.78, 5) is 16.7. The van der Waals surface area contributed by atoms with Crippen molar-refractivity contribution in [3.05, 3.63) is 89.5 Å². The van der Waals surface area contributed by atoms with Crippen molar-refractivity contribution in [1.29, 1.82) is 0 Å². The maximum absolute atomic E-state index is 13.3. The summed E-state index contributed by atoms with van der Waals surface area (Å²) in [5, 5.41) is 0.949. The van der Waals surface area contributed by atoms with Crippen molar-refractivity contribution in [2.45, 2.75) is 6.92 Å². The molecule has 0 bridgehead atoms. The molecule has 3 heteroatoms. The Morgan fingerprint density at radius 2 is 1.65 bits per heavy atom. The van der Waals surface area contributed by atoms with Gasteiger partial charge in [0.05, 0.1) is 18.4 Å². The number of aromatic amines is 1. The van der Waals surface area contributed by atoms with E-state index in [-0.39, 0.29) is 5.78 Å². The number of ether oxygens (including phenoxy) is 1. The van der Waals surface area contributed by atoms with E-state index in [0.717, 1.165) is 33.5 Å². The number of fused-ring (bicyclic) bond motifs is 1. The van der Waals surface area contributed by atoms with Crippen LogP contribution in [0.25, 0.3) is 22.2 Å². The number of carbonyl (C=O) groups excluding carboxylic acids is 1. The predicted octanol–water partition coefficient (Wildman–Crippen LogP) is 5.38. The van der Waals surface area contributed by atoms with Crippen LogP contribution in [0.15, 0.2) is 72.8 Å². The molecular weight excluding hydrogens is 322 g/mol. The average Bonchev–Trinajstić information content (AvgIpc) is 3.06. The molecule has 0 aliphatic rings. The molecule has 0 aliphatic carbocycles. The molecule has 1 aromatic heterocycles. The first-order valence-electron chi connectivity index (χ1n) is 8.54. The molecule has 128 valence electrons. The summed E-state index contributed by atoms with van der Waals surface area (Å²) in [6.45, 7) is 2.04. The topological polar surface area (TPSA) is 42.1 Å². The fraction of sp³-hybridized carbons (Fsp3) is 0.0870. The largest absolute Gasteiger partial charge is 0.497 e. The van der Waals surface area contributed by atoms with Crippen LogP contribution in [-0.4, -0.2) is 17.9 Å². The Labute approximate surface area is 152 Å². The van der Waals surface area contributed by atoms with Crippen LogP contribution in [0.2, 0.25) is 0 Å². The van der Waals surface area contributed by atoms with Crippen molar-refractivity contribution in [2.75, 3.05) is 7.11 Å². The molecule has 1 N–H and O–H groups in total. The first-order chi connectivity index (χ1) is 12.7. The van der Waals surface area contributed by atoms with E-state index >= 15 is 0 Å². The standard InChI is InChI=1S/C23H19NO2/c1-15-8-13-20-19(14-15)21(23(25)17-6-4-3-5-7-17)22(24-20)16-9-11-18(26-2)12-10-16/h3-14,24H,1-2H3. The van der Waals surface area contributed by atoms with Crippen LogP contribution in [0.4, 0.5) is 0 Å². The van der Waals surface area contributed by atoms with Crippen LogP contribution in [0.5, 0.6) is 5.75 Å². The predicted molar refractivity (Wildman–Crippen MR) is 105 cm³/mol. The van der Waals surface area contributed by atoms with Gasteiger partial charge < -0.3 is 9.72 Å². The fourth-order valence-corrected chi connectivity index (χ4v) is 3.25. The van der Waals surface area contributed by atoms with Crippen molar-refractivity contribution >= 4 is 16.7 Å². The van der Waals surface area contributed by atoms with Gasteiger partial charge in [-0.3, -0.25) is 4.79 Å². The minimum Gasteiger partial charge on any atom is -0.497 e. The Kier molecular flexibility index (Phi) is 4.05. The maximum Gasteiger partial charge on any atom is 0.195 e. The molecule has 0 atom stereocenters. The molecule has 0 radical (unpaired) electrons. The summed E-state index contributed by atoms with van der Waals surface area (Å²) >= 11 is 0. The van der Waals surface area contributed by atoms with E-state index in [0.29, 0.717) is 11.1 Å². The highest BCUT2D eigenvalue weighted by molar-refractivity contribution is 6.20. The van der Waals surface area contributed by atoms with Gasteiger partial charge in [-0.1, -0.05) is 42.0 Å². The highest BCUT2D eigenvalue weighted by atomic mass is 16.5. The first kappa shape index (κ1) is 16.2. The second kappa shape index (κ2) is 6.52. The van der Waals surface area contributed by atoms with Gasteiger partial charge in [-0.25, -0.2) is 0 Å². The number of rotatable bonds is 4. The maximum atomic E-state index is 13.3. The monoisotopic (exact) mass is 341 g/mol. The van der Waals surface area contributed by atoms with E-state index in [1.807, 2.05) is 73.7 Å². The number of methoxy groups -OCH3 is 1. The third kappa shape index (κ3) is 2.78. The summed E-state index contributed by atoms with van der Waals surface area (Å²) in [7, 11) is 1.64. The second-order valence-electron chi connectivity index (χ2n) is 6.35. The van der Waals surface area contributed by atoms with Gasteiger partial charge >= 0.3 is 0 Å². The van der Waals surface area contributed by atoms with Gasteiger partial charge in [-0.05, 0) is 48.9 Å². The zero-order valence-electron chi connectivity index (χ0n) is 14.7. The Bertz CT molecular complexity index is 1080. The minimum atomic E-state index is 0.0215. The van der Waals surface area contributed by atoms with E-state index in [4.69, 9.17) is 4.74 Å². The summed E-state index contributed by atoms with van der Waals surface area (Å²) in [5.41, 5.74) is 5.27. The number of hydrogen-bond donors (Lipinski definition) is 1. The lowest BCUT2D eigenvalue weighted by Crippen LogP contribution is -2.02. The normalized spacial score (nSPS) is 10.8. The van der Waals surface area contributed by atoms with E-state index in [2.05, 4.69) is 11.1 Å². The van der Waals surface area contributed by atoms with Gasteiger partial charge in [0.25, 0.3) is 0 Å². The van der Waals surface area contributed by atoms with Gasteiger partial charge in [0.15, 0.2) is 5.78 Å². The van der Waals surface area contributed by atoms with Gasteiger partial charge in [0, 0.05) is 16.5 Å². The summed E-state index contributed by atoms with van der Waals surface area (Å²) in [6, 6.07) is 23.3. The molecule has 0 fully saturated rings. The smallest absolute Gasteiger partial charge is 0.195 e. The van der Waals surface area contributed by atoms with Crippen molar-refractivity contribution in [3.8, 4) is 17.0 Å². The van der Waals surface area contributed by atoms with Crippen LogP contribution in [0, 0.1) is 6.92 Å². The van der Waals surface area contributed by atoms with Gasteiger partial charge in [0.1, 0.15) is 5.75 Å². The van der Waals surface area contributed by atoms with Crippen LogP contribution >= 0.6 is 0 Å². The van der Waals surface area contributed by atoms with E-state index in [1.165, 1.54) is 0 Å². The molecule has 0 amide bonds. The quantitative estimate of drug-likeness (QED) is 0.506. The second-order valence-corrected chi connectivity index (χ2v) is 6.35. The van der Waals surface area contributed by atoms with E-state index in [9.17, 15) is 4.79 Å². The molecule has 0 saturated heterocycles. The third-order valence-electron chi connectivity index (χ3n) is 4.60. The van der Waals surface area contributed by atoms with Crippen molar-refractivity contribution in [1.82, 2.24) is 4.98 Å². The molecular formula is C23H19NO2. The van der Waals surface area contributed by atoms with E-state index < -0.39 is 0 Å². The Morgan fingerprint density at radius 1 is 0.923 bits per heavy atom. The molecule has 3 nitrogen and oxygen atoms in total. The zero-order valence-corrected chi connectivity index (χ0v) is 14.7. The summed E-state index contributed by atoms with van der Waals surface area (Å²) < 4.78 is 5.25. The first-order valence-corrected chi connectivity index (χ1v) is 8.54. The number of H-pyrrole nitrogens is 1. The summed E-state index contributed by atoms with van der Waals surface area (Å²) in [5.74, 6) is 0.810. The van der Waals surface area contributed by atoms with Crippen LogP contribution in [-0.2, 0) is 0 Å². The highest BCUT2D eigenvalue weighted by Crippen LogP contribution is 2.33. The lowest BCUT2D eigenvalue weighted by atomic mass is 9.96. The zero-order chi connectivity index (χ0) is 18.1. The number of aryl methyl sites for hydroxylation is 1. The molecule has 0 unspecified atom stereocenters. The van der Waals surface area contributed by atoms with Crippen LogP contribution < -0.4 is 4.74 Å². The fourth-order valence-electron chi connectivity index (χ4n) is 3.25. The molecule has 3 aromatic carbocycles. The molecule has 4 rings (SSSR count). The number of nitrogens with one attached hydrogen (secondary N) is 1. The molecule has 0 spiro atoms. The average molecular weight is 341 g/mol. The Balaban J connectivity index is 1.95. The third-order valence-corrected chi connectivity index (χ3v) is 4.60. The molecule has 0 aliphatic heterocycles. The Morgan fingerprint density at radius 3 is 2.35 bits per heavy atom. The van der Waals surface area contributed by atoms with Crippen LogP contribution in [0.3, 0.4) is 0 Å². The van der Waals surface area contributed by atoms with Gasteiger partial charge in [0.2, 0.25) is 0 Å². The lowest BCUT2D eigenvalue weighted by Gasteiger charge is -2.06. The van der Waals surface area contributed by atoms with E-state index in [1.54, 1.807) is 7.11 Å². The van der Waals surface area contributed by atoms with Crippen molar-refractivity contribution < 1.29 is 9.53 Å². The van der Waals surface area contributed by atoms with Crippen LogP contribution in [0.1, 0.15) is 21.5 Å². The van der Waals surface area contributed by atoms with Gasteiger partial charge in [-0.15, -0.1) is 0 Å². The number of benzene rings is 3.